The van der Waals surface area contributed by atoms with Gasteiger partial charge < -0.3 is 0 Å². The van der Waals surface area contributed by atoms with E-state index in [1.165, 1.54) is 5.39 Å². The van der Waals surface area contributed by atoms with Gasteiger partial charge in [0.05, 0.1) is 16.6 Å². The second-order valence-electron chi connectivity index (χ2n) is 6.67. The van der Waals surface area contributed by atoms with Gasteiger partial charge >= 0.3 is 0 Å². The fraction of sp³-hybridized carbons (Fsp3) is 0.217. The van der Waals surface area contributed by atoms with Gasteiger partial charge in [-0.3, -0.25) is 9.36 Å². The van der Waals surface area contributed by atoms with Crippen LogP contribution in [0.2, 0.25) is 0 Å². The Balaban J connectivity index is 1.94. The van der Waals surface area contributed by atoms with Gasteiger partial charge in [-0.2, -0.15) is 0 Å². The third-order valence-corrected chi connectivity index (χ3v) is 4.84. The van der Waals surface area contributed by atoms with Gasteiger partial charge in [0.25, 0.3) is 5.56 Å². The molecule has 0 amide bonds. The smallest absolute Gasteiger partial charge is 0.265 e. The first-order valence-electron chi connectivity index (χ1n) is 9.28. The number of aromatic nitrogens is 2. The van der Waals surface area contributed by atoms with E-state index in [0.29, 0.717) is 5.39 Å². The van der Waals surface area contributed by atoms with Crippen LogP contribution in [-0.4, -0.2) is 9.55 Å². The minimum atomic E-state index is 0.0115. The molecule has 3 heteroatoms. The minimum Gasteiger partial charge on any atom is -0.268 e. The molecule has 0 spiro atoms. The Morgan fingerprint density at radius 1 is 0.885 bits per heavy atom. The molecule has 0 fully saturated rings. The molecular formula is C23H22N2O. The highest BCUT2D eigenvalue weighted by Gasteiger charge is 2.12. The fourth-order valence-electron chi connectivity index (χ4n) is 3.46. The van der Waals surface area contributed by atoms with Crippen molar-refractivity contribution in [3.8, 4) is 5.69 Å². The predicted molar refractivity (Wildman–Crippen MR) is 108 cm³/mol. The summed E-state index contributed by atoms with van der Waals surface area (Å²) >= 11 is 0. The van der Waals surface area contributed by atoms with Crippen LogP contribution >= 0.6 is 0 Å². The van der Waals surface area contributed by atoms with Crippen molar-refractivity contribution in [3.63, 3.8) is 0 Å². The lowest BCUT2D eigenvalue weighted by Crippen LogP contribution is -2.24. The standard InChI is InChI=1S/C23H22N2O/c1-2-3-4-13-22-24-21-12-8-7-11-20(21)23(26)25(22)19-15-14-17-9-5-6-10-18(17)16-19/h5-12,14-16H,2-4,13H2,1H3. The van der Waals surface area contributed by atoms with E-state index in [4.69, 9.17) is 4.98 Å². The molecule has 3 aromatic carbocycles. The van der Waals surface area contributed by atoms with Crippen LogP contribution in [0, 0.1) is 0 Å². The lowest BCUT2D eigenvalue weighted by atomic mass is 10.1. The van der Waals surface area contributed by atoms with Crippen molar-refractivity contribution in [1.82, 2.24) is 9.55 Å². The Morgan fingerprint density at radius 3 is 2.50 bits per heavy atom. The molecule has 1 aromatic heterocycles. The van der Waals surface area contributed by atoms with E-state index in [1.54, 1.807) is 4.57 Å². The number of benzene rings is 3. The number of fused-ring (bicyclic) bond motifs is 2. The maximum atomic E-state index is 13.2. The molecule has 0 unspecified atom stereocenters. The van der Waals surface area contributed by atoms with Crippen LogP contribution in [0.5, 0.6) is 0 Å². The summed E-state index contributed by atoms with van der Waals surface area (Å²) < 4.78 is 1.80. The molecule has 3 nitrogen and oxygen atoms in total. The van der Waals surface area contributed by atoms with Gasteiger partial charge in [-0.25, -0.2) is 4.98 Å². The number of nitrogens with zero attached hydrogens (tertiary/aromatic N) is 2. The van der Waals surface area contributed by atoms with Crippen LogP contribution in [0.3, 0.4) is 0 Å². The molecule has 0 bridgehead atoms. The molecule has 0 saturated heterocycles. The lowest BCUT2D eigenvalue weighted by molar-refractivity contribution is 0.676. The molecular weight excluding hydrogens is 320 g/mol. The first kappa shape index (κ1) is 16.5. The molecule has 0 aliphatic rings. The number of aryl methyl sites for hydroxylation is 1. The van der Waals surface area contributed by atoms with E-state index in [2.05, 4.69) is 31.2 Å². The van der Waals surface area contributed by atoms with Crippen LogP contribution in [0.1, 0.15) is 32.0 Å². The summed E-state index contributed by atoms with van der Waals surface area (Å²) in [4.78, 5) is 18.1. The molecule has 0 N–H and O–H groups in total. The van der Waals surface area contributed by atoms with Crippen LogP contribution in [0.25, 0.3) is 27.4 Å². The Morgan fingerprint density at radius 2 is 1.65 bits per heavy atom. The quantitative estimate of drug-likeness (QED) is 0.463. The summed E-state index contributed by atoms with van der Waals surface area (Å²) in [5.41, 5.74) is 1.68. The average Bonchev–Trinajstić information content (AvgIpc) is 2.68. The predicted octanol–water partition coefficient (Wildman–Crippen LogP) is 5.27. The molecule has 0 radical (unpaired) electrons. The Bertz CT molecular complexity index is 1130. The van der Waals surface area contributed by atoms with Crippen LogP contribution < -0.4 is 5.56 Å². The second kappa shape index (κ2) is 7.12. The van der Waals surface area contributed by atoms with Crippen molar-refractivity contribution in [1.29, 1.82) is 0 Å². The molecule has 26 heavy (non-hydrogen) atoms. The summed E-state index contributed by atoms with van der Waals surface area (Å²) in [6.45, 7) is 2.18. The van der Waals surface area contributed by atoms with Gasteiger partial charge in [-0.15, -0.1) is 0 Å². The molecule has 0 aliphatic heterocycles. The third-order valence-electron chi connectivity index (χ3n) is 4.84. The molecule has 0 saturated carbocycles. The minimum absolute atomic E-state index is 0.0115. The largest absolute Gasteiger partial charge is 0.268 e. The van der Waals surface area contributed by atoms with E-state index in [1.807, 2.05) is 42.5 Å². The maximum absolute atomic E-state index is 13.2. The average molecular weight is 342 g/mol. The molecule has 1 heterocycles. The van der Waals surface area contributed by atoms with Crippen molar-refractivity contribution in [2.45, 2.75) is 32.6 Å². The molecule has 130 valence electrons. The van der Waals surface area contributed by atoms with Gasteiger partial charge in [-0.05, 0) is 41.5 Å². The Hall–Kier alpha value is -2.94. The highest BCUT2D eigenvalue weighted by molar-refractivity contribution is 5.84. The van der Waals surface area contributed by atoms with Crippen molar-refractivity contribution in [3.05, 3.63) is 82.9 Å². The normalized spacial score (nSPS) is 11.3. The molecule has 4 rings (SSSR count). The lowest BCUT2D eigenvalue weighted by Gasteiger charge is -2.14. The van der Waals surface area contributed by atoms with Crippen LogP contribution in [-0.2, 0) is 6.42 Å². The number of hydrogen-bond acceptors (Lipinski definition) is 2. The van der Waals surface area contributed by atoms with Crippen molar-refractivity contribution >= 4 is 21.7 Å². The maximum Gasteiger partial charge on any atom is 0.265 e. The summed E-state index contributed by atoms with van der Waals surface area (Å²) in [6.07, 6.45) is 4.13. The van der Waals surface area contributed by atoms with Crippen LogP contribution in [0.4, 0.5) is 0 Å². The number of rotatable bonds is 5. The second-order valence-corrected chi connectivity index (χ2v) is 6.67. The van der Waals surface area contributed by atoms with E-state index < -0.39 is 0 Å². The molecule has 0 atom stereocenters. The van der Waals surface area contributed by atoms with Gasteiger partial charge in [0.1, 0.15) is 5.82 Å². The Kier molecular flexibility index (Phi) is 4.53. The summed E-state index contributed by atoms with van der Waals surface area (Å²) in [5, 5.41) is 2.97. The number of para-hydroxylation sites is 1. The zero-order valence-electron chi connectivity index (χ0n) is 15.0. The van der Waals surface area contributed by atoms with E-state index >= 15 is 0 Å². The van der Waals surface area contributed by atoms with Crippen molar-refractivity contribution in [2.75, 3.05) is 0 Å². The van der Waals surface area contributed by atoms with Gasteiger partial charge in [0.15, 0.2) is 0 Å². The van der Waals surface area contributed by atoms with E-state index in [9.17, 15) is 4.79 Å². The molecule has 4 aromatic rings. The summed E-state index contributed by atoms with van der Waals surface area (Å²) in [7, 11) is 0. The number of unbranched alkanes of at least 4 members (excludes halogenated alkanes) is 2. The topological polar surface area (TPSA) is 34.9 Å². The number of hydrogen-bond donors (Lipinski definition) is 0. The Labute approximate surface area is 152 Å². The monoisotopic (exact) mass is 342 g/mol. The zero-order chi connectivity index (χ0) is 17.9. The fourth-order valence-corrected chi connectivity index (χ4v) is 3.46. The third kappa shape index (κ3) is 3.01. The van der Waals surface area contributed by atoms with Crippen molar-refractivity contribution < 1.29 is 0 Å². The van der Waals surface area contributed by atoms with Crippen molar-refractivity contribution in [2.24, 2.45) is 0 Å². The SMILES string of the molecule is CCCCCc1nc2ccccc2c(=O)n1-c1ccc2ccccc2c1. The van der Waals surface area contributed by atoms with Gasteiger partial charge in [0, 0.05) is 6.42 Å². The van der Waals surface area contributed by atoms with E-state index in [0.717, 1.165) is 48.1 Å². The highest BCUT2D eigenvalue weighted by Crippen LogP contribution is 2.20. The summed E-state index contributed by atoms with van der Waals surface area (Å²) in [6, 6.07) is 22.0. The van der Waals surface area contributed by atoms with Crippen LogP contribution in [0.15, 0.2) is 71.5 Å². The first-order chi connectivity index (χ1) is 12.8. The summed E-state index contributed by atoms with van der Waals surface area (Å²) in [5.74, 6) is 0.845. The highest BCUT2D eigenvalue weighted by atomic mass is 16.1. The first-order valence-corrected chi connectivity index (χ1v) is 9.28. The van der Waals surface area contributed by atoms with E-state index in [-0.39, 0.29) is 5.56 Å². The van der Waals surface area contributed by atoms with Gasteiger partial charge in [-0.1, -0.05) is 62.2 Å². The van der Waals surface area contributed by atoms with Gasteiger partial charge in [0.2, 0.25) is 0 Å². The zero-order valence-corrected chi connectivity index (χ0v) is 15.0. The molecule has 0 aliphatic carbocycles.